The molecule has 2 N–H and O–H groups in total. The zero-order valence-corrected chi connectivity index (χ0v) is 12.2. The Bertz CT molecular complexity index is 529. The van der Waals surface area contributed by atoms with Crippen LogP contribution in [0.3, 0.4) is 0 Å². The average Bonchev–Trinajstić information content (AvgIpc) is 2.48. The van der Waals surface area contributed by atoms with Gasteiger partial charge >= 0.3 is 0 Å². The summed E-state index contributed by atoms with van der Waals surface area (Å²) in [6, 6.07) is 17.2. The van der Waals surface area contributed by atoms with E-state index in [2.05, 4.69) is 5.32 Å². The molecule has 0 aromatic heterocycles. The minimum absolute atomic E-state index is 0.340. The normalized spacial score (nSPS) is 11.9. The third-order valence-corrected chi connectivity index (χ3v) is 2.77. The summed E-state index contributed by atoms with van der Waals surface area (Å²) in [5.74, 6) is 2.31. The molecule has 0 saturated carbocycles. The first-order valence-electron chi connectivity index (χ1n) is 7.08. The molecule has 0 fully saturated rings. The van der Waals surface area contributed by atoms with Crippen LogP contribution in [0, 0.1) is 0 Å². The van der Waals surface area contributed by atoms with Crippen molar-refractivity contribution in [2.75, 3.05) is 19.7 Å². The van der Waals surface area contributed by atoms with Gasteiger partial charge in [-0.25, -0.2) is 0 Å². The monoisotopic (exact) mass is 287 g/mol. The maximum absolute atomic E-state index is 9.13. The Morgan fingerprint density at radius 3 is 2.48 bits per heavy atom. The van der Waals surface area contributed by atoms with Gasteiger partial charge in [0.15, 0.2) is 0 Å². The molecule has 0 radical (unpaired) electrons. The topological polar surface area (TPSA) is 50.7 Å². The van der Waals surface area contributed by atoms with Gasteiger partial charge in [0, 0.05) is 19.2 Å². The zero-order valence-electron chi connectivity index (χ0n) is 12.2. The molecule has 21 heavy (non-hydrogen) atoms. The highest BCUT2D eigenvalue weighted by atomic mass is 16.5. The molecule has 1 atom stereocenters. The number of hydrogen-bond donors (Lipinski definition) is 2. The van der Waals surface area contributed by atoms with Gasteiger partial charge in [-0.05, 0) is 31.2 Å². The minimum Gasteiger partial charge on any atom is -0.492 e. The molecule has 0 amide bonds. The van der Waals surface area contributed by atoms with Crippen molar-refractivity contribution in [2.45, 2.75) is 13.0 Å². The van der Waals surface area contributed by atoms with Crippen LogP contribution < -0.4 is 14.8 Å². The number of ether oxygens (including phenoxy) is 2. The van der Waals surface area contributed by atoms with Crippen LogP contribution >= 0.6 is 0 Å². The van der Waals surface area contributed by atoms with Gasteiger partial charge in [0.2, 0.25) is 0 Å². The van der Waals surface area contributed by atoms with E-state index in [1.807, 2.05) is 54.6 Å². The first kappa shape index (κ1) is 15.4. The standard InChI is InChI=1S/C17H21NO3/c1-14(19)13-18-10-11-20-16-8-5-9-17(12-16)21-15-6-3-2-4-7-15/h2-9,12,14,18-19H,10-11,13H2,1H3/t14-/m0/s1. The number of benzene rings is 2. The highest BCUT2D eigenvalue weighted by Crippen LogP contribution is 2.24. The van der Waals surface area contributed by atoms with E-state index in [0.29, 0.717) is 19.7 Å². The predicted octanol–water partition coefficient (Wildman–Crippen LogP) is 2.83. The number of aliphatic hydroxyl groups is 1. The van der Waals surface area contributed by atoms with Crippen LogP contribution in [0.1, 0.15) is 6.92 Å². The Morgan fingerprint density at radius 1 is 1.00 bits per heavy atom. The summed E-state index contributed by atoms with van der Waals surface area (Å²) in [4.78, 5) is 0. The Kier molecular flexibility index (Phi) is 6.06. The van der Waals surface area contributed by atoms with Crippen molar-refractivity contribution in [3.8, 4) is 17.2 Å². The lowest BCUT2D eigenvalue weighted by atomic mass is 10.3. The van der Waals surface area contributed by atoms with E-state index >= 15 is 0 Å². The molecule has 0 heterocycles. The first-order chi connectivity index (χ1) is 10.2. The summed E-state index contributed by atoms with van der Waals surface area (Å²) in [6.45, 7) is 3.55. The van der Waals surface area contributed by atoms with Crippen LogP contribution in [0.2, 0.25) is 0 Å². The quantitative estimate of drug-likeness (QED) is 0.733. The lowest BCUT2D eigenvalue weighted by molar-refractivity contribution is 0.188. The van der Waals surface area contributed by atoms with Gasteiger partial charge in [0.1, 0.15) is 23.9 Å². The van der Waals surface area contributed by atoms with Gasteiger partial charge < -0.3 is 19.9 Å². The van der Waals surface area contributed by atoms with Crippen LogP contribution in [0.15, 0.2) is 54.6 Å². The third-order valence-electron chi connectivity index (χ3n) is 2.77. The fourth-order valence-corrected chi connectivity index (χ4v) is 1.80. The van der Waals surface area contributed by atoms with Gasteiger partial charge in [0.05, 0.1) is 6.10 Å². The molecule has 4 nitrogen and oxygen atoms in total. The molecule has 0 bridgehead atoms. The number of hydrogen-bond acceptors (Lipinski definition) is 4. The second-order valence-corrected chi connectivity index (χ2v) is 4.79. The Morgan fingerprint density at radius 2 is 1.71 bits per heavy atom. The molecule has 4 heteroatoms. The molecular formula is C17H21NO3. The maximum atomic E-state index is 9.13. The molecule has 0 saturated heterocycles. The number of nitrogens with one attached hydrogen (secondary N) is 1. The Labute approximate surface area is 125 Å². The second kappa shape index (κ2) is 8.29. The second-order valence-electron chi connectivity index (χ2n) is 4.79. The predicted molar refractivity (Wildman–Crippen MR) is 83.0 cm³/mol. The molecule has 0 aliphatic rings. The van der Waals surface area contributed by atoms with E-state index in [4.69, 9.17) is 14.6 Å². The third kappa shape index (κ3) is 5.85. The van der Waals surface area contributed by atoms with Gasteiger partial charge in [0.25, 0.3) is 0 Å². The molecular weight excluding hydrogens is 266 g/mol. The number of rotatable bonds is 8. The van der Waals surface area contributed by atoms with Crippen LogP contribution in [0.4, 0.5) is 0 Å². The van der Waals surface area contributed by atoms with Crippen LogP contribution in [-0.2, 0) is 0 Å². The summed E-state index contributed by atoms with van der Waals surface area (Å²) in [7, 11) is 0. The van der Waals surface area contributed by atoms with E-state index in [1.165, 1.54) is 0 Å². The van der Waals surface area contributed by atoms with Crippen molar-refractivity contribution in [2.24, 2.45) is 0 Å². The highest BCUT2D eigenvalue weighted by molar-refractivity contribution is 5.36. The lowest BCUT2D eigenvalue weighted by Gasteiger charge is -2.10. The zero-order chi connectivity index (χ0) is 14.9. The molecule has 112 valence electrons. The largest absolute Gasteiger partial charge is 0.492 e. The molecule has 0 unspecified atom stereocenters. The summed E-state index contributed by atoms with van der Waals surface area (Å²) in [5.41, 5.74) is 0. The highest BCUT2D eigenvalue weighted by Gasteiger charge is 2.00. The van der Waals surface area contributed by atoms with Gasteiger partial charge in [-0.3, -0.25) is 0 Å². The van der Waals surface area contributed by atoms with Crippen molar-refractivity contribution in [3.05, 3.63) is 54.6 Å². The molecule has 0 spiro atoms. The van der Waals surface area contributed by atoms with E-state index in [-0.39, 0.29) is 6.10 Å². The van der Waals surface area contributed by atoms with E-state index in [0.717, 1.165) is 17.2 Å². The van der Waals surface area contributed by atoms with Crippen molar-refractivity contribution < 1.29 is 14.6 Å². The smallest absolute Gasteiger partial charge is 0.131 e. The fraction of sp³-hybridized carbons (Fsp3) is 0.294. The van der Waals surface area contributed by atoms with Gasteiger partial charge in [-0.15, -0.1) is 0 Å². The number of para-hydroxylation sites is 1. The van der Waals surface area contributed by atoms with Crippen molar-refractivity contribution in [3.63, 3.8) is 0 Å². The molecule has 2 rings (SSSR count). The van der Waals surface area contributed by atoms with Gasteiger partial charge in [-0.1, -0.05) is 24.3 Å². The molecule has 2 aromatic rings. The summed E-state index contributed by atoms with van der Waals surface area (Å²) >= 11 is 0. The summed E-state index contributed by atoms with van der Waals surface area (Å²) < 4.78 is 11.4. The van der Waals surface area contributed by atoms with Crippen LogP contribution in [0.25, 0.3) is 0 Å². The van der Waals surface area contributed by atoms with Crippen LogP contribution in [-0.4, -0.2) is 30.9 Å². The maximum Gasteiger partial charge on any atom is 0.131 e. The fourth-order valence-electron chi connectivity index (χ4n) is 1.80. The average molecular weight is 287 g/mol. The lowest BCUT2D eigenvalue weighted by Crippen LogP contribution is -2.28. The first-order valence-corrected chi connectivity index (χ1v) is 7.08. The van der Waals surface area contributed by atoms with Gasteiger partial charge in [-0.2, -0.15) is 0 Å². The van der Waals surface area contributed by atoms with Crippen LogP contribution in [0.5, 0.6) is 17.2 Å². The van der Waals surface area contributed by atoms with E-state index < -0.39 is 0 Å². The Balaban J connectivity index is 1.81. The Hall–Kier alpha value is -2.04. The molecule has 0 aliphatic heterocycles. The number of aliphatic hydroxyl groups excluding tert-OH is 1. The van der Waals surface area contributed by atoms with Crippen molar-refractivity contribution in [1.29, 1.82) is 0 Å². The SMILES string of the molecule is C[C@H](O)CNCCOc1cccc(Oc2ccccc2)c1. The molecule has 2 aromatic carbocycles. The van der Waals surface area contributed by atoms with Crippen molar-refractivity contribution in [1.82, 2.24) is 5.32 Å². The minimum atomic E-state index is -0.340. The van der Waals surface area contributed by atoms with Crippen molar-refractivity contribution >= 4 is 0 Å². The van der Waals surface area contributed by atoms with E-state index in [1.54, 1.807) is 6.92 Å². The summed E-state index contributed by atoms with van der Waals surface area (Å²) in [5, 5.41) is 12.2. The summed E-state index contributed by atoms with van der Waals surface area (Å²) in [6.07, 6.45) is -0.340. The van der Waals surface area contributed by atoms with E-state index in [9.17, 15) is 0 Å². The molecule has 0 aliphatic carbocycles.